The van der Waals surface area contributed by atoms with Crippen LogP contribution in [0.1, 0.15) is 20.9 Å². The van der Waals surface area contributed by atoms with E-state index in [1.807, 2.05) is 81.7 Å². The lowest BCUT2D eigenvalue weighted by Gasteiger charge is -2.34. The zero-order valence-corrected chi connectivity index (χ0v) is 19.4. The average molecular weight is 473 g/mol. The first kappa shape index (κ1) is 21.9. The Hall–Kier alpha value is -3.91. The van der Waals surface area contributed by atoms with Gasteiger partial charge in [-0.2, -0.15) is 0 Å². The third-order valence-corrected chi connectivity index (χ3v) is 6.57. The topological polar surface area (TPSA) is 67.2 Å². The van der Waals surface area contributed by atoms with Gasteiger partial charge in [-0.25, -0.2) is 4.98 Å². The van der Waals surface area contributed by atoms with Crippen molar-refractivity contribution in [2.75, 3.05) is 26.2 Å². The minimum absolute atomic E-state index is 0.0427. The molecule has 0 saturated carbocycles. The summed E-state index contributed by atoms with van der Waals surface area (Å²) in [7, 11) is 0. The van der Waals surface area contributed by atoms with Crippen molar-refractivity contribution in [3.05, 3.63) is 94.6 Å². The molecule has 1 saturated heterocycles. The molecule has 4 aromatic rings. The first-order valence-corrected chi connectivity index (χ1v) is 12.0. The van der Waals surface area contributed by atoms with Crippen molar-refractivity contribution in [2.24, 2.45) is 0 Å². The molecule has 4 heterocycles. The fraction of sp³-hybridized carbons (Fsp3) is 0.192. The van der Waals surface area contributed by atoms with E-state index in [0.29, 0.717) is 32.8 Å². The first-order chi connectivity index (χ1) is 16.7. The molecule has 0 aliphatic carbocycles. The number of aromatic nitrogens is 2. The summed E-state index contributed by atoms with van der Waals surface area (Å²) in [5.41, 5.74) is 2.67. The maximum absolute atomic E-state index is 12.6. The van der Waals surface area contributed by atoms with Gasteiger partial charge in [0.25, 0.3) is 5.91 Å². The third kappa shape index (κ3) is 5.02. The third-order valence-electron chi connectivity index (χ3n) is 5.71. The summed E-state index contributed by atoms with van der Waals surface area (Å²) in [5, 5.41) is 1.90. The number of benzene rings is 1. The number of hydrogen-bond acceptors (Lipinski definition) is 5. The molecular formula is C26H24N4O3S. The summed E-state index contributed by atoms with van der Waals surface area (Å²) >= 11 is 1.45. The number of rotatable bonds is 6. The lowest BCUT2D eigenvalue weighted by Crippen LogP contribution is -2.50. The second kappa shape index (κ2) is 9.93. The van der Waals surface area contributed by atoms with Gasteiger partial charge in [-0.3, -0.25) is 9.59 Å². The van der Waals surface area contributed by atoms with Crippen LogP contribution >= 0.6 is 11.3 Å². The summed E-state index contributed by atoms with van der Waals surface area (Å²) in [6, 6.07) is 17.2. The van der Waals surface area contributed by atoms with E-state index in [1.165, 1.54) is 11.3 Å². The van der Waals surface area contributed by atoms with Gasteiger partial charge in [-0.15, -0.1) is 11.3 Å². The number of pyridine rings is 1. The van der Waals surface area contributed by atoms with Crippen LogP contribution in [0.15, 0.2) is 78.4 Å². The first-order valence-electron chi connectivity index (χ1n) is 11.1. The number of fused-ring (bicyclic) bond motifs is 1. The van der Waals surface area contributed by atoms with Crippen LogP contribution in [0.4, 0.5) is 0 Å². The molecule has 0 radical (unpaired) electrons. The van der Waals surface area contributed by atoms with E-state index >= 15 is 0 Å². The Morgan fingerprint density at radius 3 is 2.50 bits per heavy atom. The molecule has 1 aliphatic heterocycles. The van der Waals surface area contributed by atoms with E-state index in [0.717, 1.165) is 27.5 Å². The van der Waals surface area contributed by atoms with Crippen LogP contribution in [0.5, 0.6) is 5.75 Å². The number of piperazine rings is 1. The molecule has 0 N–H and O–H groups in total. The van der Waals surface area contributed by atoms with Crippen molar-refractivity contribution in [1.82, 2.24) is 19.2 Å². The fourth-order valence-corrected chi connectivity index (χ4v) is 4.54. The van der Waals surface area contributed by atoms with Crippen molar-refractivity contribution >= 4 is 34.9 Å². The van der Waals surface area contributed by atoms with E-state index in [4.69, 9.17) is 4.74 Å². The van der Waals surface area contributed by atoms with Gasteiger partial charge in [0.05, 0.1) is 10.6 Å². The number of nitrogens with zero attached hydrogens (tertiary/aromatic N) is 4. The normalized spacial score (nSPS) is 14.1. The highest BCUT2D eigenvalue weighted by Gasteiger charge is 2.24. The number of carbonyl (C=O) groups excluding carboxylic acids is 2. The average Bonchev–Trinajstić information content (AvgIpc) is 3.56. The summed E-state index contributed by atoms with van der Waals surface area (Å²) < 4.78 is 7.81. The molecule has 8 heteroatoms. The van der Waals surface area contributed by atoms with Crippen molar-refractivity contribution in [1.29, 1.82) is 0 Å². The molecule has 1 aromatic carbocycles. The lowest BCUT2D eigenvalue weighted by molar-refractivity contribution is -0.127. The van der Waals surface area contributed by atoms with E-state index in [1.54, 1.807) is 17.1 Å². The Bertz CT molecular complexity index is 1270. The maximum Gasteiger partial charge on any atom is 0.264 e. The maximum atomic E-state index is 12.6. The summed E-state index contributed by atoms with van der Waals surface area (Å²) in [6.07, 6.45) is 7.30. The minimum atomic E-state index is -0.0459. The highest BCUT2D eigenvalue weighted by atomic mass is 32.1. The molecule has 3 aromatic heterocycles. The van der Waals surface area contributed by atoms with Crippen molar-refractivity contribution in [3.63, 3.8) is 0 Å². The number of imidazole rings is 1. The molecule has 5 rings (SSSR count). The molecule has 0 bridgehead atoms. The molecule has 1 aliphatic rings. The molecule has 0 atom stereocenters. The molecule has 0 unspecified atom stereocenters. The summed E-state index contributed by atoms with van der Waals surface area (Å²) in [4.78, 5) is 33.9. The quantitative estimate of drug-likeness (QED) is 0.398. The molecule has 172 valence electrons. The Morgan fingerprint density at radius 2 is 1.76 bits per heavy atom. The number of thiophene rings is 1. The number of hydrogen-bond donors (Lipinski definition) is 0. The van der Waals surface area contributed by atoms with Crippen LogP contribution in [-0.2, 0) is 11.4 Å². The van der Waals surface area contributed by atoms with Crippen molar-refractivity contribution in [2.45, 2.75) is 6.61 Å². The SMILES string of the molecule is O=C(C=Cc1ccc(OCc2cn3ccccc3n2)cc1)N1CCN(C(=O)c2cccs2)CC1. The molecule has 34 heavy (non-hydrogen) atoms. The fourth-order valence-electron chi connectivity index (χ4n) is 3.85. The number of ether oxygens (including phenoxy) is 1. The summed E-state index contributed by atoms with van der Waals surface area (Å²) in [6.45, 7) is 2.56. The second-order valence-corrected chi connectivity index (χ2v) is 8.93. The van der Waals surface area contributed by atoms with Crippen LogP contribution in [0.3, 0.4) is 0 Å². The van der Waals surface area contributed by atoms with Gasteiger partial charge < -0.3 is 18.9 Å². The van der Waals surface area contributed by atoms with Gasteiger partial charge in [0.2, 0.25) is 5.91 Å². The van der Waals surface area contributed by atoms with Gasteiger partial charge in [0, 0.05) is 44.6 Å². The Morgan fingerprint density at radius 1 is 0.971 bits per heavy atom. The van der Waals surface area contributed by atoms with Crippen molar-refractivity contribution in [3.8, 4) is 5.75 Å². The zero-order chi connectivity index (χ0) is 23.3. The Labute approximate surface area is 201 Å². The monoisotopic (exact) mass is 472 g/mol. The van der Waals surface area contributed by atoms with E-state index in [9.17, 15) is 9.59 Å². The Balaban J connectivity index is 1.10. The molecule has 7 nitrogen and oxygen atoms in total. The van der Waals surface area contributed by atoms with E-state index < -0.39 is 0 Å². The largest absolute Gasteiger partial charge is 0.487 e. The zero-order valence-electron chi connectivity index (χ0n) is 18.5. The standard InChI is InChI=1S/C26H24N4O3S/c31-25(28-13-15-29(16-14-28)26(32)23-4-3-17-34-23)11-8-20-6-9-22(10-7-20)33-19-21-18-30-12-2-1-5-24(30)27-21/h1-12,17-18H,13-16,19H2. The second-order valence-electron chi connectivity index (χ2n) is 7.98. The minimum Gasteiger partial charge on any atom is -0.487 e. The highest BCUT2D eigenvalue weighted by Crippen LogP contribution is 2.17. The van der Waals surface area contributed by atoms with Gasteiger partial charge in [0.1, 0.15) is 18.0 Å². The highest BCUT2D eigenvalue weighted by molar-refractivity contribution is 7.12. The van der Waals surface area contributed by atoms with Crippen molar-refractivity contribution < 1.29 is 14.3 Å². The molecular weight excluding hydrogens is 448 g/mol. The molecule has 0 spiro atoms. The Kier molecular flexibility index (Phi) is 6.40. The van der Waals surface area contributed by atoms with Gasteiger partial charge >= 0.3 is 0 Å². The van der Waals surface area contributed by atoms with Crippen LogP contribution in [0, 0.1) is 0 Å². The predicted molar refractivity (Wildman–Crippen MR) is 132 cm³/mol. The van der Waals surface area contributed by atoms with Crippen LogP contribution in [0.2, 0.25) is 0 Å². The van der Waals surface area contributed by atoms with E-state index in [-0.39, 0.29) is 11.8 Å². The lowest BCUT2D eigenvalue weighted by atomic mass is 10.2. The smallest absolute Gasteiger partial charge is 0.264 e. The predicted octanol–water partition coefficient (Wildman–Crippen LogP) is 3.97. The summed E-state index contributed by atoms with van der Waals surface area (Å²) in [5.74, 6) is 0.739. The van der Waals surface area contributed by atoms with Gasteiger partial charge in [0.15, 0.2) is 0 Å². The number of amides is 2. The van der Waals surface area contributed by atoms with E-state index in [2.05, 4.69) is 4.98 Å². The number of carbonyl (C=O) groups is 2. The van der Waals surface area contributed by atoms with Crippen LogP contribution < -0.4 is 4.74 Å². The van der Waals surface area contributed by atoms with Gasteiger partial charge in [-0.05, 0) is 47.4 Å². The van der Waals surface area contributed by atoms with Crippen LogP contribution in [0.25, 0.3) is 11.7 Å². The van der Waals surface area contributed by atoms with Crippen LogP contribution in [-0.4, -0.2) is 57.2 Å². The van der Waals surface area contributed by atoms with Gasteiger partial charge in [-0.1, -0.05) is 24.3 Å². The molecule has 1 fully saturated rings. The molecule has 2 amide bonds.